The van der Waals surface area contributed by atoms with E-state index in [-0.39, 0.29) is 5.91 Å². The number of carbonyl (C=O) groups excluding carboxylic acids is 1. The summed E-state index contributed by atoms with van der Waals surface area (Å²) in [4.78, 5) is 22.9. The highest BCUT2D eigenvalue weighted by Gasteiger charge is 2.22. The van der Waals surface area contributed by atoms with Crippen LogP contribution in [0, 0.1) is 0 Å². The van der Waals surface area contributed by atoms with Gasteiger partial charge in [0.05, 0.1) is 30.8 Å². The first-order chi connectivity index (χ1) is 16.6. The van der Waals surface area contributed by atoms with Gasteiger partial charge in [-0.15, -0.1) is 0 Å². The number of methoxy groups -OCH3 is 2. The fourth-order valence-corrected chi connectivity index (χ4v) is 4.36. The number of benzene rings is 3. The third kappa shape index (κ3) is 3.79. The summed E-state index contributed by atoms with van der Waals surface area (Å²) in [6.07, 6.45) is 0.677. The minimum Gasteiger partial charge on any atom is -0.493 e. The fraction of sp³-hybridized carbons (Fsp3) is 0.222. The molecule has 1 N–H and O–H groups in total. The van der Waals surface area contributed by atoms with E-state index in [1.54, 1.807) is 14.2 Å². The van der Waals surface area contributed by atoms with Crippen LogP contribution < -0.4 is 14.8 Å². The molecule has 1 atom stereocenters. The molecule has 0 bridgehead atoms. The first-order valence-electron chi connectivity index (χ1n) is 11.2. The number of nitrogens with one attached hydrogen (secondary N) is 1. The first-order valence-corrected chi connectivity index (χ1v) is 11.2. The number of para-hydroxylation sites is 3. The SMILES string of the molecule is COc1ccc(CCNC(=O)C(C)n2c3ccccc3c3nc4ccccc4nc32)cc1OC. The fourth-order valence-electron chi connectivity index (χ4n) is 4.36. The van der Waals surface area contributed by atoms with Crippen molar-refractivity contribution < 1.29 is 14.3 Å². The molecular formula is C27H26N4O3. The zero-order chi connectivity index (χ0) is 23.7. The molecule has 1 amide bonds. The molecule has 0 fully saturated rings. The van der Waals surface area contributed by atoms with E-state index in [0.717, 1.165) is 33.0 Å². The average molecular weight is 455 g/mol. The standard InChI is InChI=1S/C27H26N4O3/c1-17(27(32)28-15-14-18-12-13-23(33-2)24(16-18)34-3)31-22-11-7-4-8-19(22)25-26(31)30-21-10-6-5-9-20(21)29-25/h4-13,16-17H,14-15H2,1-3H3,(H,28,32). The number of nitrogens with zero attached hydrogens (tertiary/aromatic N) is 3. The Morgan fingerprint density at radius 1 is 0.941 bits per heavy atom. The molecule has 0 aliphatic heterocycles. The van der Waals surface area contributed by atoms with Gasteiger partial charge in [0, 0.05) is 11.9 Å². The monoisotopic (exact) mass is 454 g/mol. The molecule has 7 heteroatoms. The molecule has 0 aliphatic rings. The summed E-state index contributed by atoms with van der Waals surface area (Å²) >= 11 is 0. The van der Waals surface area contributed by atoms with Crippen molar-refractivity contribution in [2.75, 3.05) is 20.8 Å². The van der Waals surface area contributed by atoms with E-state index < -0.39 is 6.04 Å². The van der Waals surface area contributed by atoms with Crippen molar-refractivity contribution in [2.45, 2.75) is 19.4 Å². The average Bonchev–Trinajstić information content (AvgIpc) is 3.19. The van der Waals surface area contributed by atoms with E-state index in [4.69, 9.17) is 19.4 Å². The summed E-state index contributed by atoms with van der Waals surface area (Å²) in [6, 6.07) is 21.1. The number of amides is 1. The second-order valence-electron chi connectivity index (χ2n) is 8.18. The Labute approximate surface area is 197 Å². The Bertz CT molecular complexity index is 1510. The highest BCUT2D eigenvalue weighted by atomic mass is 16.5. The molecule has 7 nitrogen and oxygen atoms in total. The Morgan fingerprint density at radius 3 is 2.41 bits per heavy atom. The van der Waals surface area contributed by atoms with Crippen molar-refractivity contribution in [1.82, 2.24) is 19.9 Å². The van der Waals surface area contributed by atoms with Crippen molar-refractivity contribution in [3.05, 3.63) is 72.3 Å². The molecule has 0 radical (unpaired) electrons. The van der Waals surface area contributed by atoms with Crippen molar-refractivity contribution in [3.8, 4) is 11.5 Å². The van der Waals surface area contributed by atoms with Gasteiger partial charge in [-0.2, -0.15) is 0 Å². The molecule has 2 heterocycles. The van der Waals surface area contributed by atoms with Crippen molar-refractivity contribution in [2.24, 2.45) is 0 Å². The normalized spacial score (nSPS) is 12.2. The van der Waals surface area contributed by atoms with Gasteiger partial charge in [-0.3, -0.25) is 4.79 Å². The predicted octanol–water partition coefficient (Wildman–Crippen LogP) is 4.67. The summed E-state index contributed by atoms with van der Waals surface area (Å²) in [5.74, 6) is 1.29. The molecule has 0 aliphatic carbocycles. The van der Waals surface area contributed by atoms with Gasteiger partial charge in [0.2, 0.25) is 5.91 Å². The summed E-state index contributed by atoms with van der Waals surface area (Å²) in [7, 11) is 3.23. The minimum atomic E-state index is -0.455. The van der Waals surface area contributed by atoms with Gasteiger partial charge in [-0.25, -0.2) is 9.97 Å². The smallest absolute Gasteiger partial charge is 0.242 e. The topological polar surface area (TPSA) is 78.3 Å². The Kier molecular flexibility index (Phi) is 5.76. The van der Waals surface area contributed by atoms with E-state index in [1.165, 1.54) is 0 Å². The molecule has 1 unspecified atom stereocenters. The molecule has 0 saturated carbocycles. The van der Waals surface area contributed by atoms with E-state index in [2.05, 4.69) is 5.32 Å². The Balaban J connectivity index is 1.42. The van der Waals surface area contributed by atoms with Crippen LogP contribution >= 0.6 is 0 Å². The Hall–Kier alpha value is -4.13. The number of rotatable bonds is 7. The summed E-state index contributed by atoms with van der Waals surface area (Å²) in [5.41, 5.74) is 5.15. The molecule has 5 aromatic rings. The van der Waals surface area contributed by atoms with Gasteiger partial charge < -0.3 is 19.4 Å². The second-order valence-corrected chi connectivity index (χ2v) is 8.18. The number of ether oxygens (including phenoxy) is 2. The van der Waals surface area contributed by atoms with Gasteiger partial charge in [-0.05, 0) is 49.2 Å². The van der Waals surface area contributed by atoms with E-state index in [9.17, 15) is 4.79 Å². The maximum Gasteiger partial charge on any atom is 0.242 e. The number of carbonyl (C=O) groups is 1. The summed E-state index contributed by atoms with van der Waals surface area (Å²) in [6.45, 7) is 2.40. The van der Waals surface area contributed by atoms with E-state index in [1.807, 2.05) is 78.2 Å². The number of hydrogen-bond acceptors (Lipinski definition) is 5. The summed E-state index contributed by atoms with van der Waals surface area (Å²) < 4.78 is 12.7. The van der Waals surface area contributed by atoms with Gasteiger partial charge in [-0.1, -0.05) is 36.4 Å². The molecule has 0 saturated heterocycles. The number of aromatic nitrogens is 3. The first kappa shape index (κ1) is 21.7. The zero-order valence-corrected chi connectivity index (χ0v) is 19.4. The van der Waals surface area contributed by atoms with Crippen LogP contribution in [0.1, 0.15) is 18.5 Å². The van der Waals surface area contributed by atoms with Crippen LogP contribution in [0.2, 0.25) is 0 Å². The lowest BCUT2D eigenvalue weighted by molar-refractivity contribution is -0.123. The third-order valence-electron chi connectivity index (χ3n) is 6.13. The van der Waals surface area contributed by atoms with Crippen molar-refractivity contribution in [3.63, 3.8) is 0 Å². The molecule has 3 aromatic carbocycles. The van der Waals surface area contributed by atoms with Gasteiger partial charge >= 0.3 is 0 Å². The lowest BCUT2D eigenvalue weighted by atomic mass is 10.1. The minimum absolute atomic E-state index is 0.0712. The van der Waals surface area contributed by atoms with Crippen LogP contribution in [0.4, 0.5) is 0 Å². The quantitative estimate of drug-likeness (QED) is 0.387. The molecular weight excluding hydrogens is 428 g/mol. The third-order valence-corrected chi connectivity index (χ3v) is 6.13. The van der Waals surface area contributed by atoms with Gasteiger partial charge in [0.1, 0.15) is 11.6 Å². The van der Waals surface area contributed by atoms with Crippen LogP contribution in [0.5, 0.6) is 11.5 Å². The van der Waals surface area contributed by atoms with Crippen LogP contribution in [-0.2, 0) is 11.2 Å². The van der Waals surface area contributed by atoms with Crippen LogP contribution in [0.15, 0.2) is 66.7 Å². The zero-order valence-electron chi connectivity index (χ0n) is 19.4. The highest BCUT2D eigenvalue weighted by molar-refractivity contribution is 6.07. The van der Waals surface area contributed by atoms with Crippen molar-refractivity contribution in [1.29, 1.82) is 0 Å². The van der Waals surface area contributed by atoms with Crippen LogP contribution in [0.25, 0.3) is 33.1 Å². The van der Waals surface area contributed by atoms with Gasteiger partial charge in [0.25, 0.3) is 0 Å². The predicted molar refractivity (Wildman–Crippen MR) is 134 cm³/mol. The lowest BCUT2D eigenvalue weighted by Crippen LogP contribution is -2.32. The molecule has 0 spiro atoms. The van der Waals surface area contributed by atoms with Crippen LogP contribution in [-0.4, -0.2) is 41.2 Å². The lowest BCUT2D eigenvalue weighted by Gasteiger charge is -2.16. The molecule has 5 rings (SSSR count). The number of fused-ring (bicyclic) bond motifs is 4. The second kappa shape index (κ2) is 9.02. The van der Waals surface area contributed by atoms with Crippen LogP contribution in [0.3, 0.4) is 0 Å². The molecule has 2 aromatic heterocycles. The molecule has 172 valence electrons. The highest BCUT2D eigenvalue weighted by Crippen LogP contribution is 2.31. The van der Waals surface area contributed by atoms with Gasteiger partial charge in [0.15, 0.2) is 17.1 Å². The number of hydrogen-bond donors (Lipinski definition) is 1. The maximum atomic E-state index is 13.2. The largest absolute Gasteiger partial charge is 0.493 e. The van der Waals surface area contributed by atoms with Crippen molar-refractivity contribution >= 4 is 39.0 Å². The Morgan fingerprint density at radius 2 is 1.65 bits per heavy atom. The molecule has 34 heavy (non-hydrogen) atoms. The summed E-state index contributed by atoms with van der Waals surface area (Å²) in [5, 5.41) is 4.06. The van der Waals surface area contributed by atoms with E-state index in [0.29, 0.717) is 30.1 Å². The maximum absolute atomic E-state index is 13.2. The van der Waals surface area contributed by atoms with E-state index >= 15 is 0 Å².